The van der Waals surface area contributed by atoms with Crippen molar-refractivity contribution in [2.75, 3.05) is 7.11 Å². The Bertz CT molecular complexity index is 2830. The Balaban J connectivity index is 0.000000152. The van der Waals surface area contributed by atoms with E-state index < -0.39 is 5.97 Å². The summed E-state index contributed by atoms with van der Waals surface area (Å²) in [5.74, 6) is -0.167. The lowest BCUT2D eigenvalue weighted by atomic mass is 9.97. The second-order valence-electron chi connectivity index (χ2n) is 15.7. The van der Waals surface area contributed by atoms with E-state index in [-0.39, 0.29) is 5.97 Å². The number of fused-ring (bicyclic) bond motifs is 2. The van der Waals surface area contributed by atoms with Gasteiger partial charge in [0.25, 0.3) is 0 Å². The summed E-state index contributed by atoms with van der Waals surface area (Å²) in [5.41, 5.74) is 11.5. The summed E-state index contributed by atoms with van der Waals surface area (Å²) in [4.78, 5) is 33.2. The quantitative estimate of drug-likeness (QED) is 0.139. The van der Waals surface area contributed by atoms with Gasteiger partial charge in [-0.1, -0.05) is 121 Å². The van der Waals surface area contributed by atoms with Crippen LogP contribution in [0.4, 0.5) is 0 Å². The van der Waals surface area contributed by atoms with E-state index in [0.29, 0.717) is 41.5 Å². The molecular formula is C53H44N2O4. The fraction of sp³-hybridized carbons (Fsp3) is 0.170. The normalized spacial score (nSPS) is 13.4. The molecule has 8 aromatic rings. The number of carbonyl (C=O) groups excluding carboxylic acids is 1. The summed E-state index contributed by atoms with van der Waals surface area (Å²) in [6.07, 6.45) is 9.52. The lowest BCUT2D eigenvalue weighted by Crippen LogP contribution is -2.09. The molecule has 6 nitrogen and oxygen atoms in total. The van der Waals surface area contributed by atoms with Crippen molar-refractivity contribution in [1.29, 1.82) is 0 Å². The maximum Gasteiger partial charge on any atom is 0.339 e. The Morgan fingerprint density at radius 3 is 1.39 bits per heavy atom. The van der Waals surface area contributed by atoms with Crippen LogP contribution in [-0.4, -0.2) is 34.1 Å². The Morgan fingerprint density at radius 2 is 0.949 bits per heavy atom. The number of hydrogen-bond acceptors (Lipinski definition) is 5. The van der Waals surface area contributed by atoms with Crippen LogP contribution < -0.4 is 0 Å². The number of esters is 1. The van der Waals surface area contributed by atoms with Gasteiger partial charge in [0.15, 0.2) is 0 Å². The second kappa shape index (κ2) is 16.5. The third-order valence-corrected chi connectivity index (χ3v) is 11.5. The molecule has 0 bridgehead atoms. The van der Waals surface area contributed by atoms with Crippen molar-refractivity contribution in [3.63, 3.8) is 0 Å². The van der Waals surface area contributed by atoms with E-state index in [9.17, 15) is 14.7 Å². The first-order chi connectivity index (χ1) is 28.9. The largest absolute Gasteiger partial charge is 0.478 e. The number of ether oxygens (including phenoxy) is 1. The van der Waals surface area contributed by atoms with Gasteiger partial charge in [0.05, 0.1) is 29.6 Å². The van der Waals surface area contributed by atoms with E-state index in [1.54, 1.807) is 0 Å². The molecule has 6 aromatic carbocycles. The van der Waals surface area contributed by atoms with Gasteiger partial charge in [0.2, 0.25) is 0 Å². The number of carboxylic acids is 1. The number of rotatable bonds is 10. The van der Waals surface area contributed by atoms with Gasteiger partial charge in [-0.25, -0.2) is 9.59 Å². The van der Waals surface area contributed by atoms with Crippen molar-refractivity contribution in [1.82, 2.24) is 9.97 Å². The van der Waals surface area contributed by atoms with Crippen molar-refractivity contribution < 1.29 is 19.4 Å². The molecule has 0 atom stereocenters. The Hall–Kier alpha value is -6.92. The number of pyridine rings is 2. The first-order valence-corrected chi connectivity index (χ1v) is 20.3. The van der Waals surface area contributed by atoms with Crippen LogP contribution in [0.2, 0.25) is 0 Å². The van der Waals surface area contributed by atoms with Crippen LogP contribution in [0.25, 0.3) is 43.8 Å². The van der Waals surface area contributed by atoms with Gasteiger partial charge in [-0.05, 0) is 128 Å². The SMILES string of the molecule is COC(=O)c1cc(C2CC2)cnc1Cc1ccc2cc(-c3ccccc3)ccc2c1.O=C(O)c1cc(C2CC2)cnc1Cc1ccc2cc(-c3ccccc3)ccc2c1. The number of aromatic nitrogens is 2. The van der Waals surface area contributed by atoms with Gasteiger partial charge in [0, 0.05) is 25.2 Å². The van der Waals surface area contributed by atoms with E-state index >= 15 is 0 Å². The first kappa shape index (κ1) is 37.6. The molecular weight excluding hydrogens is 729 g/mol. The summed E-state index contributed by atoms with van der Waals surface area (Å²) in [5, 5.41) is 14.3. The summed E-state index contributed by atoms with van der Waals surface area (Å²) in [7, 11) is 1.43. The minimum atomic E-state index is -0.900. The molecule has 2 aliphatic rings. The topological polar surface area (TPSA) is 89.4 Å². The van der Waals surface area contributed by atoms with Crippen molar-refractivity contribution >= 4 is 33.5 Å². The van der Waals surface area contributed by atoms with E-state index in [2.05, 4.69) is 119 Å². The number of hydrogen-bond donors (Lipinski definition) is 1. The van der Waals surface area contributed by atoms with E-state index in [4.69, 9.17) is 4.74 Å². The zero-order chi connectivity index (χ0) is 40.3. The van der Waals surface area contributed by atoms with Crippen LogP contribution in [0.1, 0.15) is 91.9 Å². The van der Waals surface area contributed by atoms with Crippen LogP contribution in [0, 0.1) is 0 Å². The number of benzene rings is 6. The number of aromatic carboxylic acids is 1. The fourth-order valence-electron chi connectivity index (χ4n) is 7.87. The second-order valence-corrected chi connectivity index (χ2v) is 15.7. The first-order valence-electron chi connectivity index (χ1n) is 20.3. The summed E-state index contributed by atoms with van der Waals surface area (Å²) in [6.45, 7) is 0. The Morgan fingerprint density at radius 1 is 0.525 bits per heavy atom. The molecule has 2 heterocycles. The Kier molecular flexibility index (Phi) is 10.5. The van der Waals surface area contributed by atoms with E-state index in [1.165, 1.54) is 58.4 Å². The molecule has 0 unspecified atom stereocenters. The third kappa shape index (κ3) is 8.68. The average molecular weight is 773 g/mol. The molecule has 1 N–H and O–H groups in total. The number of nitrogens with zero attached hydrogens (tertiary/aromatic N) is 2. The summed E-state index contributed by atoms with van der Waals surface area (Å²) in [6, 6.07) is 50.3. The maximum atomic E-state index is 12.3. The van der Waals surface area contributed by atoms with Crippen LogP contribution in [-0.2, 0) is 17.6 Å². The van der Waals surface area contributed by atoms with Crippen molar-refractivity contribution in [3.8, 4) is 22.3 Å². The molecule has 0 amide bonds. The molecule has 10 rings (SSSR count). The molecule has 2 fully saturated rings. The standard InChI is InChI=1S/C27H23NO2.C26H21NO2/c1-30-27(29)25-16-24(20-9-10-20)17-28-26(25)14-18-7-8-23-15-22(12-11-21(23)13-18)19-5-3-2-4-6-19;28-26(29)24-15-23(19-8-9-19)16-27-25(24)13-17-6-7-22-14-21(11-10-20(22)12-17)18-4-2-1-3-5-18/h2-8,11-13,15-17,20H,9-10,14H2,1H3;1-7,10-12,14-16,19H,8-9,13H2,(H,28,29). The molecule has 2 aromatic heterocycles. The molecule has 290 valence electrons. The molecule has 0 aliphatic heterocycles. The van der Waals surface area contributed by atoms with Crippen molar-refractivity contribution in [2.45, 2.75) is 50.4 Å². The summed E-state index contributed by atoms with van der Waals surface area (Å²) >= 11 is 0. The minimum Gasteiger partial charge on any atom is -0.478 e. The number of carbonyl (C=O) groups is 2. The van der Waals surface area contributed by atoms with Gasteiger partial charge in [-0.3, -0.25) is 9.97 Å². The maximum absolute atomic E-state index is 12.3. The predicted molar refractivity (Wildman–Crippen MR) is 235 cm³/mol. The molecule has 6 heteroatoms. The van der Waals surface area contributed by atoms with Gasteiger partial charge >= 0.3 is 11.9 Å². The molecule has 0 spiro atoms. The van der Waals surface area contributed by atoms with Gasteiger partial charge in [-0.2, -0.15) is 0 Å². The highest BCUT2D eigenvalue weighted by Crippen LogP contribution is 2.41. The van der Waals surface area contributed by atoms with Crippen molar-refractivity contribution in [3.05, 3.63) is 203 Å². The third-order valence-electron chi connectivity index (χ3n) is 11.5. The molecule has 0 radical (unpaired) electrons. The van der Waals surface area contributed by atoms with Crippen molar-refractivity contribution in [2.24, 2.45) is 0 Å². The monoisotopic (exact) mass is 772 g/mol. The molecule has 2 aliphatic carbocycles. The van der Waals surface area contributed by atoms with Crippen LogP contribution >= 0.6 is 0 Å². The number of methoxy groups -OCH3 is 1. The minimum absolute atomic E-state index is 0.312. The van der Waals surface area contributed by atoms with Gasteiger partial charge in [0.1, 0.15) is 0 Å². The molecule has 59 heavy (non-hydrogen) atoms. The fourth-order valence-corrected chi connectivity index (χ4v) is 7.87. The molecule has 2 saturated carbocycles. The molecule has 0 saturated heterocycles. The van der Waals surface area contributed by atoms with E-state index in [1.807, 2.05) is 48.8 Å². The van der Waals surface area contributed by atoms with Gasteiger partial charge < -0.3 is 9.84 Å². The van der Waals surface area contributed by atoms with Crippen LogP contribution in [0.3, 0.4) is 0 Å². The highest BCUT2D eigenvalue weighted by Gasteiger charge is 2.27. The van der Waals surface area contributed by atoms with Crippen LogP contribution in [0.15, 0.2) is 158 Å². The summed E-state index contributed by atoms with van der Waals surface area (Å²) < 4.78 is 5.02. The van der Waals surface area contributed by atoms with Gasteiger partial charge in [-0.15, -0.1) is 0 Å². The average Bonchev–Trinajstić information content (AvgIpc) is 4.22. The lowest BCUT2D eigenvalue weighted by Gasteiger charge is -2.11. The smallest absolute Gasteiger partial charge is 0.339 e. The zero-order valence-electron chi connectivity index (χ0n) is 33.0. The highest BCUT2D eigenvalue weighted by molar-refractivity contribution is 5.92. The highest BCUT2D eigenvalue weighted by atomic mass is 16.5. The van der Waals surface area contributed by atoms with Crippen LogP contribution in [0.5, 0.6) is 0 Å². The zero-order valence-corrected chi connectivity index (χ0v) is 33.0. The Labute approximate surface area is 344 Å². The van der Waals surface area contributed by atoms with E-state index in [0.717, 1.165) is 46.2 Å². The number of carboxylic acid groups (broad SMARTS) is 1. The lowest BCUT2D eigenvalue weighted by molar-refractivity contribution is 0.0598. The predicted octanol–water partition coefficient (Wildman–Crippen LogP) is 12.2.